The summed E-state index contributed by atoms with van der Waals surface area (Å²) in [5, 5.41) is 3.36. The Morgan fingerprint density at radius 3 is 0.842 bits per heavy atom. The van der Waals surface area contributed by atoms with Crippen LogP contribution in [0.15, 0.2) is 109 Å². The predicted octanol–water partition coefficient (Wildman–Crippen LogP) is 11.9. The zero-order valence-corrected chi connectivity index (χ0v) is 27.1. The third-order valence-electron chi connectivity index (χ3n) is 6.71. The molecule has 0 atom stereocenters. The van der Waals surface area contributed by atoms with Crippen molar-refractivity contribution in [2.45, 2.75) is 21.3 Å². The van der Waals surface area contributed by atoms with Crippen molar-refractivity contribution in [3.8, 4) is 44.5 Å². The first-order valence-electron chi connectivity index (χ1n) is 12.4. The molecule has 0 N–H and O–H groups in total. The molecule has 0 saturated carbocycles. The quantitative estimate of drug-likeness (QED) is 0.138. The average Bonchev–Trinajstić information content (AvgIpc) is 3.00. The Hall–Kier alpha value is -1.98. The maximum atomic E-state index is 3.64. The number of benzene rings is 5. The number of hydrogen-bond donors (Lipinski definition) is 0. The second-order valence-corrected chi connectivity index (χ2v) is 11.5. The minimum atomic E-state index is 0.840. The van der Waals surface area contributed by atoms with Crippen molar-refractivity contribution < 1.29 is 0 Å². The first-order chi connectivity index (χ1) is 18.6. The highest BCUT2D eigenvalue weighted by molar-refractivity contribution is 9.09. The Morgan fingerprint density at radius 2 is 0.579 bits per heavy atom. The molecule has 4 heteroatoms. The van der Waals surface area contributed by atoms with Crippen LogP contribution in [0.1, 0.15) is 22.3 Å². The molecular weight excluding hydrogens is 728 g/mol. The largest absolute Gasteiger partial charge is 0.0876 e. The molecule has 0 saturated heterocycles. The maximum absolute atomic E-state index is 3.64. The lowest BCUT2D eigenvalue weighted by molar-refractivity contribution is 1.35. The molecule has 0 radical (unpaired) electrons. The van der Waals surface area contributed by atoms with Gasteiger partial charge < -0.3 is 0 Å². The summed E-state index contributed by atoms with van der Waals surface area (Å²) >= 11 is 14.6. The second kappa shape index (κ2) is 12.9. The SMILES string of the molecule is BrCc1cc(CBr)cc(-c2ccccc2-c2ccc(-c3ccccc3-c3cc(CBr)cc(CBr)c3)cc2)c1. The van der Waals surface area contributed by atoms with E-state index < -0.39 is 0 Å². The van der Waals surface area contributed by atoms with E-state index >= 15 is 0 Å². The van der Waals surface area contributed by atoms with Crippen LogP contribution in [0, 0.1) is 0 Å². The summed E-state index contributed by atoms with van der Waals surface area (Å²) in [6.45, 7) is 0. The average molecular weight is 754 g/mol. The second-order valence-electron chi connectivity index (χ2n) is 9.28. The third-order valence-corrected chi connectivity index (χ3v) is 9.30. The molecule has 5 rings (SSSR count). The Morgan fingerprint density at radius 1 is 0.316 bits per heavy atom. The monoisotopic (exact) mass is 750 g/mol. The smallest absolute Gasteiger partial charge is 0.0283 e. The molecule has 0 aliphatic carbocycles. The van der Waals surface area contributed by atoms with Crippen LogP contribution in [0.3, 0.4) is 0 Å². The van der Waals surface area contributed by atoms with E-state index in [1.165, 1.54) is 66.8 Å². The Labute approximate surface area is 259 Å². The molecule has 0 heterocycles. The summed E-state index contributed by atoms with van der Waals surface area (Å²) < 4.78 is 0. The fraction of sp³-hybridized carbons (Fsp3) is 0.118. The third kappa shape index (κ3) is 6.09. The van der Waals surface area contributed by atoms with Gasteiger partial charge in [0.05, 0.1) is 0 Å². The lowest BCUT2D eigenvalue weighted by Crippen LogP contribution is -1.91. The Bertz CT molecular complexity index is 1390. The van der Waals surface area contributed by atoms with Crippen LogP contribution in [0.4, 0.5) is 0 Å². The molecule has 38 heavy (non-hydrogen) atoms. The summed E-state index contributed by atoms with van der Waals surface area (Å²) in [5.41, 5.74) is 15.0. The molecule has 0 aromatic heterocycles. The molecule has 0 fully saturated rings. The first-order valence-corrected chi connectivity index (χ1v) is 16.9. The van der Waals surface area contributed by atoms with Gasteiger partial charge in [0.25, 0.3) is 0 Å². The van der Waals surface area contributed by atoms with Gasteiger partial charge in [-0.1, -0.05) is 173 Å². The van der Waals surface area contributed by atoms with Gasteiger partial charge in [0.1, 0.15) is 0 Å². The highest BCUT2D eigenvalue weighted by atomic mass is 79.9. The van der Waals surface area contributed by atoms with E-state index in [0.29, 0.717) is 0 Å². The maximum Gasteiger partial charge on any atom is 0.0283 e. The summed E-state index contributed by atoms with van der Waals surface area (Å²) in [7, 11) is 0. The lowest BCUT2D eigenvalue weighted by atomic mass is 9.90. The number of rotatable bonds is 8. The molecule has 5 aromatic rings. The molecule has 0 bridgehead atoms. The molecule has 5 aromatic carbocycles. The van der Waals surface area contributed by atoms with Gasteiger partial charge in [0.15, 0.2) is 0 Å². The molecule has 0 amide bonds. The highest BCUT2D eigenvalue weighted by Crippen LogP contribution is 2.37. The Balaban J connectivity index is 1.55. The highest BCUT2D eigenvalue weighted by Gasteiger charge is 2.12. The molecule has 0 spiro atoms. The molecule has 0 unspecified atom stereocenters. The van der Waals surface area contributed by atoms with Crippen molar-refractivity contribution in [2.24, 2.45) is 0 Å². The molecule has 0 aliphatic rings. The first kappa shape index (κ1) is 27.6. The van der Waals surface area contributed by atoms with Gasteiger partial charge in [0.2, 0.25) is 0 Å². The van der Waals surface area contributed by atoms with Crippen molar-refractivity contribution in [1.29, 1.82) is 0 Å². The van der Waals surface area contributed by atoms with E-state index in [-0.39, 0.29) is 0 Å². The Kier molecular flexibility index (Phi) is 9.37. The van der Waals surface area contributed by atoms with Gasteiger partial charge in [0, 0.05) is 21.3 Å². The fourth-order valence-electron chi connectivity index (χ4n) is 4.95. The van der Waals surface area contributed by atoms with Crippen molar-refractivity contribution in [1.82, 2.24) is 0 Å². The molecule has 190 valence electrons. The fourth-order valence-corrected chi connectivity index (χ4v) is 6.24. The van der Waals surface area contributed by atoms with Crippen molar-refractivity contribution >= 4 is 63.7 Å². The van der Waals surface area contributed by atoms with Gasteiger partial charge in [-0.25, -0.2) is 0 Å². The predicted molar refractivity (Wildman–Crippen MR) is 179 cm³/mol. The van der Waals surface area contributed by atoms with E-state index in [9.17, 15) is 0 Å². The van der Waals surface area contributed by atoms with E-state index in [2.05, 4.69) is 173 Å². The number of hydrogen-bond acceptors (Lipinski definition) is 0. The van der Waals surface area contributed by atoms with Gasteiger partial charge >= 0.3 is 0 Å². The molecular formula is C34H26Br4. The van der Waals surface area contributed by atoms with Crippen LogP contribution in [0.2, 0.25) is 0 Å². The summed E-state index contributed by atoms with van der Waals surface area (Å²) in [5.74, 6) is 0. The van der Waals surface area contributed by atoms with Gasteiger partial charge in [-0.3, -0.25) is 0 Å². The van der Waals surface area contributed by atoms with Gasteiger partial charge in [-0.05, 0) is 66.8 Å². The van der Waals surface area contributed by atoms with E-state index in [4.69, 9.17) is 0 Å². The summed E-state index contributed by atoms with van der Waals surface area (Å²) in [6.07, 6.45) is 0. The van der Waals surface area contributed by atoms with Crippen LogP contribution in [0.25, 0.3) is 44.5 Å². The van der Waals surface area contributed by atoms with Gasteiger partial charge in [-0.15, -0.1) is 0 Å². The van der Waals surface area contributed by atoms with E-state index in [1.54, 1.807) is 0 Å². The summed E-state index contributed by atoms with van der Waals surface area (Å²) in [6, 6.07) is 40.0. The topological polar surface area (TPSA) is 0 Å². The zero-order valence-electron chi connectivity index (χ0n) is 20.7. The van der Waals surface area contributed by atoms with E-state index in [1.807, 2.05) is 0 Å². The van der Waals surface area contributed by atoms with Crippen LogP contribution in [0.5, 0.6) is 0 Å². The normalized spacial score (nSPS) is 11.1. The van der Waals surface area contributed by atoms with Crippen molar-refractivity contribution in [3.63, 3.8) is 0 Å². The standard InChI is InChI=1S/C34H26Br4/c35-19-23-13-24(20-36)16-29(15-23)33-7-3-1-5-31(33)27-9-11-28(12-10-27)32-6-2-4-8-34(32)30-17-25(21-37)14-26(18-30)22-38/h1-18H,19-22H2. The number of halogens is 4. The van der Waals surface area contributed by atoms with Gasteiger partial charge in [-0.2, -0.15) is 0 Å². The van der Waals surface area contributed by atoms with Crippen LogP contribution in [-0.4, -0.2) is 0 Å². The minimum absolute atomic E-state index is 0.840. The van der Waals surface area contributed by atoms with E-state index in [0.717, 1.165) is 21.3 Å². The zero-order chi connectivity index (χ0) is 26.5. The summed E-state index contributed by atoms with van der Waals surface area (Å²) in [4.78, 5) is 0. The van der Waals surface area contributed by atoms with Crippen LogP contribution >= 0.6 is 63.7 Å². The lowest BCUT2D eigenvalue weighted by Gasteiger charge is -2.15. The van der Waals surface area contributed by atoms with Crippen LogP contribution in [-0.2, 0) is 21.3 Å². The van der Waals surface area contributed by atoms with Crippen molar-refractivity contribution in [2.75, 3.05) is 0 Å². The molecule has 0 aliphatic heterocycles. The van der Waals surface area contributed by atoms with Crippen molar-refractivity contribution in [3.05, 3.63) is 131 Å². The number of alkyl halides is 4. The van der Waals surface area contributed by atoms with Crippen LogP contribution < -0.4 is 0 Å². The minimum Gasteiger partial charge on any atom is -0.0876 e. The molecule has 0 nitrogen and oxygen atoms in total.